The second kappa shape index (κ2) is 4.14. The molecule has 0 unspecified atom stereocenters. The maximum atomic E-state index is 12.4. The third kappa shape index (κ3) is 2.52. The lowest BCUT2D eigenvalue weighted by atomic mass is 10.3. The fraction of sp³-hybridized carbons (Fsp3) is 0.167. The zero-order chi connectivity index (χ0) is 11.8. The van der Waals surface area contributed by atoms with E-state index in [2.05, 4.69) is 4.98 Å². The molecule has 15 heavy (non-hydrogen) atoms. The highest BCUT2D eigenvalue weighted by molar-refractivity contribution is 14.1. The van der Waals surface area contributed by atoms with Crippen molar-refractivity contribution in [2.75, 3.05) is 5.73 Å². The number of nitrogens with zero attached hydrogens (tertiary/aromatic N) is 1. The topological polar surface area (TPSA) is 99.1 Å². The van der Waals surface area contributed by atoms with Crippen molar-refractivity contribution in [2.24, 2.45) is 5.14 Å². The fourth-order valence-corrected chi connectivity index (χ4v) is 2.30. The second-order valence-corrected chi connectivity index (χ2v) is 5.15. The standard InChI is InChI=1S/C6H6F2IN3O2S/c7-5(8)2-1-12-6(15(11,13)14)4(10)3(2)9/h1,5H,10H2,(H2,11,13,14). The van der Waals surface area contributed by atoms with Crippen molar-refractivity contribution in [1.29, 1.82) is 0 Å². The molecule has 0 fully saturated rings. The van der Waals surface area contributed by atoms with Crippen LogP contribution in [0.25, 0.3) is 0 Å². The zero-order valence-electron chi connectivity index (χ0n) is 7.12. The summed E-state index contributed by atoms with van der Waals surface area (Å²) in [4.78, 5) is 3.31. The molecular formula is C6H6F2IN3O2S. The van der Waals surface area contributed by atoms with Gasteiger partial charge >= 0.3 is 0 Å². The lowest BCUT2D eigenvalue weighted by Crippen LogP contribution is -2.17. The van der Waals surface area contributed by atoms with Gasteiger partial charge in [-0.15, -0.1) is 0 Å². The molecule has 1 heterocycles. The molecule has 0 aliphatic carbocycles. The lowest BCUT2D eigenvalue weighted by Gasteiger charge is -2.08. The molecule has 4 N–H and O–H groups in total. The highest BCUT2D eigenvalue weighted by Crippen LogP contribution is 2.30. The number of halogens is 3. The first kappa shape index (κ1) is 12.5. The molecule has 0 aliphatic heterocycles. The van der Waals surface area contributed by atoms with E-state index in [-0.39, 0.29) is 9.26 Å². The number of alkyl halides is 2. The van der Waals surface area contributed by atoms with Gasteiger partial charge in [-0.25, -0.2) is 27.3 Å². The third-order valence-electron chi connectivity index (χ3n) is 1.55. The normalized spacial score (nSPS) is 12.1. The van der Waals surface area contributed by atoms with Gasteiger partial charge in [0.15, 0.2) is 5.03 Å². The molecule has 0 amide bonds. The number of sulfonamides is 1. The van der Waals surface area contributed by atoms with Gasteiger partial charge in [0.25, 0.3) is 16.4 Å². The number of primary sulfonamides is 1. The van der Waals surface area contributed by atoms with Crippen LogP contribution < -0.4 is 10.9 Å². The third-order valence-corrected chi connectivity index (χ3v) is 3.61. The van der Waals surface area contributed by atoms with Gasteiger partial charge in [-0.05, 0) is 22.6 Å². The van der Waals surface area contributed by atoms with Crippen LogP contribution in [0.5, 0.6) is 0 Å². The van der Waals surface area contributed by atoms with Crippen LogP contribution in [0.1, 0.15) is 12.0 Å². The zero-order valence-corrected chi connectivity index (χ0v) is 10.1. The van der Waals surface area contributed by atoms with Gasteiger partial charge in [0.2, 0.25) is 0 Å². The molecule has 0 radical (unpaired) electrons. The van der Waals surface area contributed by atoms with Crippen molar-refractivity contribution in [3.63, 3.8) is 0 Å². The molecule has 0 saturated heterocycles. The Morgan fingerprint density at radius 1 is 1.47 bits per heavy atom. The van der Waals surface area contributed by atoms with E-state index in [1.54, 1.807) is 0 Å². The van der Waals surface area contributed by atoms with Crippen LogP contribution in [0, 0.1) is 3.57 Å². The molecule has 9 heteroatoms. The van der Waals surface area contributed by atoms with E-state index >= 15 is 0 Å². The summed E-state index contributed by atoms with van der Waals surface area (Å²) in [7, 11) is -4.08. The minimum Gasteiger partial charge on any atom is -0.395 e. The average Bonchev–Trinajstić information content (AvgIpc) is 2.06. The summed E-state index contributed by atoms with van der Waals surface area (Å²) in [5, 5.41) is 4.20. The van der Waals surface area contributed by atoms with Crippen molar-refractivity contribution < 1.29 is 17.2 Å². The van der Waals surface area contributed by atoms with E-state index in [0.717, 1.165) is 6.20 Å². The van der Waals surface area contributed by atoms with Crippen molar-refractivity contribution in [1.82, 2.24) is 4.98 Å². The molecular weight excluding hydrogens is 343 g/mol. The SMILES string of the molecule is Nc1c(S(N)(=O)=O)ncc(C(F)F)c1I. The smallest absolute Gasteiger partial charge is 0.266 e. The summed E-state index contributed by atoms with van der Waals surface area (Å²) in [6.07, 6.45) is -2.01. The van der Waals surface area contributed by atoms with Crippen LogP contribution in [0.4, 0.5) is 14.5 Å². The fourth-order valence-electron chi connectivity index (χ4n) is 0.883. The summed E-state index contributed by atoms with van der Waals surface area (Å²) < 4.78 is 46.5. The van der Waals surface area contributed by atoms with E-state index in [9.17, 15) is 17.2 Å². The second-order valence-electron chi connectivity index (χ2n) is 2.59. The van der Waals surface area contributed by atoms with Gasteiger partial charge in [-0.2, -0.15) is 0 Å². The van der Waals surface area contributed by atoms with Gasteiger partial charge in [-0.1, -0.05) is 0 Å². The first-order valence-electron chi connectivity index (χ1n) is 3.50. The predicted octanol–water partition coefficient (Wildman–Crippen LogP) is 0.853. The maximum Gasteiger partial charge on any atom is 0.266 e. The number of anilines is 1. The molecule has 1 rings (SSSR count). The van der Waals surface area contributed by atoms with Crippen molar-refractivity contribution in [3.05, 3.63) is 15.3 Å². The molecule has 1 aromatic heterocycles. The number of nitrogens with two attached hydrogens (primary N) is 2. The van der Waals surface area contributed by atoms with E-state index in [0.29, 0.717) is 0 Å². The first-order chi connectivity index (χ1) is 6.75. The minimum atomic E-state index is -4.08. The highest BCUT2D eigenvalue weighted by atomic mass is 127. The number of hydrogen-bond donors (Lipinski definition) is 2. The summed E-state index contributed by atoms with van der Waals surface area (Å²) >= 11 is 1.52. The van der Waals surface area contributed by atoms with E-state index in [1.807, 2.05) is 0 Å². The monoisotopic (exact) mass is 349 g/mol. The molecule has 5 nitrogen and oxygen atoms in total. The summed E-state index contributed by atoms with van der Waals surface area (Å²) in [6.45, 7) is 0. The number of nitrogen functional groups attached to an aromatic ring is 1. The Morgan fingerprint density at radius 3 is 2.40 bits per heavy atom. The number of pyridine rings is 1. The molecule has 0 atom stereocenters. The number of aromatic nitrogens is 1. The Hall–Kier alpha value is -0.550. The number of rotatable bonds is 2. The van der Waals surface area contributed by atoms with Gasteiger partial charge in [0.1, 0.15) is 0 Å². The van der Waals surface area contributed by atoms with Crippen molar-refractivity contribution in [2.45, 2.75) is 11.5 Å². The minimum absolute atomic E-state index is 0.0541. The van der Waals surface area contributed by atoms with Crippen LogP contribution in [0.15, 0.2) is 11.2 Å². The number of hydrogen-bond acceptors (Lipinski definition) is 4. The van der Waals surface area contributed by atoms with Gasteiger partial charge in [0.05, 0.1) is 11.3 Å². The van der Waals surface area contributed by atoms with E-state index < -0.39 is 27.0 Å². The molecule has 84 valence electrons. The Kier molecular flexibility index (Phi) is 3.45. The van der Waals surface area contributed by atoms with Gasteiger partial charge < -0.3 is 5.73 Å². The average molecular weight is 349 g/mol. The molecule has 0 bridgehead atoms. The van der Waals surface area contributed by atoms with Crippen LogP contribution in [0.3, 0.4) is 0 Å². The molecule has 1 aromatic rings. The predicted molar refractivity (Wildman–Crippen MR) is 57.7 cm³/mol. The lowest BCUT2D eigenvalue weighted by molar-refractivity contribution is 0.150. The maximum absolute atomic E-state index is 12.4. The van der Waals surface area contributed by atoms with E-state index in [1.165, 1.54) is 22.6 Å². The summed E-state index contributed by atoms with van der Waals surface area (Å²) in [5.74, 6) is 0. The Bertz CT molecular complexity index is 491. The van der Waals surface area contributed by atoms with Crippen LogP contribution in [-0.2, 0) is 10.0 Å². The van der Waals surface area contributed by atoms with Gasteiger partial charge in [-0.3, -0.25) is 0 Å². The largest absolute Gasteiger partial charge is 0.395 e. The Labute approximate surface area is 98.0 Å². The van der Waals surface area contributed by atoms with Crippen LogP contribution in [0.2, 0.25) is 0 Å². The summed E-state index contributed by atoms with van der Waals surface area (Å²) in [6, 6.07) is 0. The Morgan fingerprint density at radius 2 is 2.00 bits per heavy atom. The quantitative estimate of drug-likeness (QED) is 0.774. The van der Waals surface area contributed by atoms with Crippen LogP contribution in [-0.4, -0.2) is 13.4 Å². The first-order valence-corrected chi connectivity index (χ1v) is 6.12. The highest BCUT2D eigenvalue weighted by Gasteiger charge is 2.21. The molecule has 0 aliphatic rings. The molecule has 0 aromatic carbocycles. The molecule has 0 spiro atoms. The Balaban J connectivity index is 3.48. The summed E-state index contributed by atoms with van der Waals surface area (Å²) in [5.41, 5.74) is 4.58. The van der Waals surface area contributed by atoms with E-state index in [4.69, 9.17) is 10.9 Å². The molecule has 0 saturated carbocycles. The van der Waals surface area contributed by atoms with Crippen molar-refractivity contribution in [3.8, 4) is 0 Å². The van der Waals surface area contributed by atoms with Crippen LogP contribution >= 0.6 is 22.6 Å². The van der Waals surface area contributed by atoms with Gasteiger partial charge in [0, 0.05) is 9.77 Å². The van der Waals surface area contributed by atoms with Crippen molar-refractivity contribution >= 4 is 38.3 Å².